The van der Waals surface area contributed by atoms with Gasteiger partial charge in [-0.1, -0.05) is 17.7 Å². The summed E-state index contributed by atoms with van der Waals surface area (Å²) in [6.07, 6.45) is 4.43. The lowest BCUT2D eigenvalue weighted by Gasteiger charge is -2.33. The van der Waals surface area contributed by atoms with Crippen molar-refractivity contribution in [1.82, 2.24) is 9.88 Å². The van der Waals surface area contributed by atoms with E-state index in [1.54, 1.807) is 6.20 Å². The number of pyridine rings is 1. The molecule has 1 saturated heterocycles. The Balaban J connectivity index is 2.00. The average molecular weight is 280 g/mol. The van der Waals surface area contributed by atoms with Crippen LogP contribution in [0.15, 0.2) is 18.3 Å². The number of hydrogen-bond donors (Lipinski definition) is 0. The zero-order valence-electron chi connectivity index (χ0n) is 10.9. The second-order valence-electron chi connectivity index (χ2n) is 4.71. The summed E-state index contributed by atoms with van der Waals surface area (Å²) in [5.74, 6) is 0. The molecular formula is C14H18ClN3O. The summed E-state index contributed by atoms with van der Waals surface area (Å²) in [6, 6.07) is 6.52. The lowest BCUT2D eigenvalue weighted by Crippen LogP contribution is -2.39. The predicted molar refractivity (Wildman–Crippen MR) is 73.7 cm³/mol. The minimum absolute atomic E-state index is 0.498. The first-order chi connectivity index (χ1) is 9.29. The zero-order valence-corrected chi connectivity index (χ0v) is 11.6. The van der Waals surface area contributed by atoms with Crippen LogP contribution in [-0.4, -0.2) is 35.7 Å². The lowest BCUT2D eigenvalue weighted by molar-refractivity contribution is 0.0317. The van der Waals surface area contributed by atoms with Crippen LogP contribution in [0.25, 0.3) is 0 Å². The van der Waals surface area contributed by atoms with Gasteiger partial charge in [-0.15, -0.1) is 0 Å². The van der Waals surface area contributed by atoms with Crippen molar-refractivity contribution in [3.05, 3.63) is 29.0 Å². The minimum Gasteiger partial charge on any atom is -0.381 e. The van der Waals surface area contributed by atoms with E-state index in [9.17, 15) is 0 Å². The van der Waals surface area contributed by atoms with Crippen LogP contribution < -0.4 is 0 Å². The summed E-state index contributed by atoms with van der Waals surface area (Å²) >= 11 is 5.80. The van der Waals surface area contributed by atoms with E-state index in [0.29, 0.717) is 17.6 Å². The van der Waals surface area contributed by atoms with Crippen molar-refractivity contribution in [3.63, 3.8) is 0 Å². The molecule has 0 aliphatic carbocycles. The number of ether oxygens (including phenoxy) is 1. The van der Waals surface area contributed by atoms with Gasteiger partial charge in [0.1, 0.15) is 5.15 Å². The van der Waals surface area contributed by atoms with Crippen LogP contribution in [0.1, 0.15) is 24.8 Å². The van der Waals surface area contributed by atoms with E-state index in [1.165, 1.54) is 0 Å². The quantitative estimate of drug-likeness (QED) is 0.778. The maximum Gasteiger partial charge on any atom is 0.129 e. The van der Waals surface area contributed by atoms with E-state index in [4.69, 9.17) is 21.6 Å². The van der Waals surface area contributed by atoms with Gasteiger partial charge in [0.2, 0.25) is 0 Å². The summed E-state index contributed by atoms with van der Waals surface area (Å²) in [4.78, 5) is 6.46. The van der Waals surface area contributed by atoms with Gasteiger partial charge >= 0.3 is 0 Å². The molecule has 1 aliphatic heterocycles. The third-order valence-electron chi connectivity index (χ3n) is 3.39. The fourth-order valence-electron chi connectivity index (χ4n) is 2.37. The van der Waals surface area contributed by atoms with Gasteiger partial charge in [-0.3, -0.25) is 4.90 Å². The van der Waals surface area contributed by atoms with Gasteiger partial charge in [-0.05, 0) is 24.5 Å². The van der Waals surface area contributed by atoms with Crippen molar-refractivity contribution in [1.29, 1.82) is 5.26 Å². The van der Waals surface area contributed by atoms with Crippen molar-refractivity contribution in [2.24, 2.45) is 0 Å². The van der Waals surface area contributed by atoms with E-state index in [-0.39, 0.29) is 0 Å². The van der Waals surface area contributed by atoms with Crippen LogP contribution in [-0.2, 0) is 11.3 Å². The molecular weight excluding hydrogens is 262 g/mol. The number of halogens is 1. The van der Waals surface area contributed by atoms with Crippen LogP contribution in [0, 0.1) is 11.3 Å². The maximum absolute atomic E-state index is 8.78. The lowest BCUT2D eigenvalue weighted by atomic mass is 10.1. The zero-order chi connectivity index (χ0) is 13.5. The first-order valence-corrected chi connectivity index (χ1v) is 6.96. The molecule has 1 aromatic rings. The molecule has 2 heterocycles. The highest BCUT2D eigenvalue weighted by Crippen LogP contribution is 2.18. The molecule has 0 aromatic carbocycles. The Morgan fingerprint density at radius 1 is 1.42 bits per heavy atom. The molecule has 0 atom stereocenters. The van der Waals surface area contributed by atoms with Crippen molar-refractivity contribution < 1.29 is 4.74 Å². The van der Waals surface area contributed by atoms with Crippen LogP contribution in [0.2, 0.25) is 5.15 Å². The summed E-state index contributed by atoms with van der Waals surface area (Å²) in [6.45, 7) is 3.24. The predicted octanol–water partition coefficient (Wildman–Crippen LogP) is 2.63. The minimum atomic E-state index is 0.498. The Morgan fingerprint density at radius 2 is 2.21 bits per heavy atom. The van der Waals surface area contributed by atoms with Crippen LogP contribution in [0.4, 0.5) is 0 Å². The van der Waals surface area contributed by atoms with Crippen LogP contribution >= 0.6 is 11.6 Å². The Bertz CT molecular complexity index is 423. The van der Waals surface area contributed by atoms with Gasteiger partial charge in [-0.25, -0.2) is 4.98 Å². The number of hydrogen-bond acceptors (Lipinski definition) is 4. The molecule has 0 bridgehead atoms. The summed E-state index contributed by atoms with van der Waals surface area (Å²) in [5.41, 5.74) is 1.13. The number of rotatable bonds is 5. The SMILES string of the molecule is N#CCCN(Cc1ccc(Cl)nc1)C1CCOCC1. The molecule has 1 aliphatic rings. The van der Waals surface area contributed by atoms with E-state index in [2.05, 4.69) is 16.0 Å². The van der Waals surface area contributed by atoms with Gasteiger partial charge in [0.05, 0.1) is 6.07 Å². The van der Waals surface area contributed by atoms with E-state index in [1.807, 2.05) is 12.1 Å². The molecule has 1 aromatic heterocycles. The van der Waals surface area contributed by atoms with Gasteiger partial charge in [0, 0.05) is 45.0 Å². The van der Waals surface area contributed by atoms with Gasteiger partial charge in [0.15, 0.2) is 0 Å². The standard InChI is InChI=1S/C14H18ClN3O/c15-14-3-2-12(10-17-14)11-18(7-1-6-16)13-4-8-19-9-5-13/h2-3,10,13H,1,4-5,7-9,11H2. The third-order valence-corrected chi connectivity index (χ3v) is 3.62. The number of aromatic nitrogens is 1. The fourth-order valence-corrected chi connectivity index (χ4v) is 2.48. The molecule has 4 nitrogen and oxygen atoms in total. The summed E-state index contributed by atoms with van der Waals surface area (Å²) < 4.78 is 5.40. The van der Waals surface area contributed by atoms with Crippen molar-refractivity contribution in [2.45, 2.75) is 31.8 Å². The van der Waals surface area contributed by atoms with Crippen molar-refractivity contribution in [3.8, 4) is 6.07 Å². The van der Waals surface area contributed by atoms with Crippen molar-refractivity contribution >= 4 is 11.6 Å². The van der Waals surface area contributed by atoms with E-state index < -0.39 is 0 Å². The monoisotopic (exact) mass is 279 g/mol. The van der Waals surface area contributed by atoms with Gasteiger partial charge in [-0.2, -0.15) is 5.26 Å². The highest BCUT2D eigenvalue weighted by Gasteiger charge is 2.21. The number of nitrogens with zero attached hydrogens (tertiary/aromatic N) is 3. The molecule has 0 unspecified atom stereocenters. The molecule has 0 radical (unpaired) electrons. The molecule has 0 spiro atoms. The Labute approximate surface area is 118 Å². The molecule has 0 amide bonds. The second kappa shape index (κ2) is 7.44. The highest BCUT2D eigenvalue weighted by molar-refractivity contribution is 6.29. The molecule has 1 fully saturated rings. The summed E-state index contributed by atoms with van der Waals surface area (Å²) in [5, 5.41) is 9.30. The molecule has 5 heteroatoms. The van der Waals surface area contributed by atoms with Crippen LogP contribution in [0.5, 0.6) is 0 Å². The molecule has 102 valence electrons. The number of nitriles is 1. The summed E-state index contributed by atoms with van der Waals surface area (Å²) in [7, 11) is 0. The molecule has 2 rings (SSSR count). The fraction of sp³-hybridized carbons (Fsp3) is 0.571. The maximum atomic E-state index is 8.78. The smallest absolute Gasteiger partial charge is 0.129 e. The van der Waals surface area contributed by atoms with E-state index >= 15 is 0 Å². The molecule has 0 N–H and O–H groups in total. The average Bonchev–Trinajstić information content (AvgIpc) is 2.46. The van der Waals surface area contributed by atoms with Gasteiger partial charge in [0.25, 0.3) is 0 Å². The highest BCUT2D eigenvalue weighted by atomic mass is 35.5. The largest absolute Gasteiger partial charge is 0.381 e. The Hall–Kier alpha value is -1.15. The van der Waals surface area contributed by atoms with Gasteiger partial charge < -0.3 is 4.74 Å². The topological polar surface area (TPSA) is 49.2 Å². The normalized spacial score (nSPS) is 16.5. The Morgan fingerprint density at radius 3 is 2.84 bits per heavy atom. The first-order valence-electron chi connectivity index (χ1n) is 6.59. The van der Waals surface area contributed by atoms with E-state index in [0.717, 1.165) is 44.7 Å². The third kappa shape index (κ3) is 4.46. The molecule has 19 heavy (non-hydrogen) atoms. The Kier molecular flexibility index (Phi) is 5.59. The van der Waals surface area contributed by atoms with Crippen LogP contribution in [0.3, 0.4) is 0 Å². The van der Waals surface area contributed by atoms with Crippen molar-refractivity contribution in [2.75, 3.05) is 19.8 Å². The second-order valence-corrected chi connectivity index (χ2v) is 5.10. The first kappa shape index (κ1) is 14.3. The molecule has 0 saturated carbocycles.